The van der Waals surface area contributed by atoms with Gasteiger partial charge in [-0.3, -0.25) is 4.79 Å². The third kappa shape index (κ3) is 4.52. The number of hydrogen-bond donors (Lipinski definition) is 2. The summed E-state index contributed by atoms with van der Waals surface area (Å²) < 4.78 is 5.67. The van der Waals surface area contributed by atoms with Crippen molar-refractivity contribution >= 4 is 23.2 Å². The Morgan fingerprint density at radius 3 is 2.44 bits per heavy atom. The normalized spacial score (nSPS) is 10.3. The summed E-state index contributed by atoms with van der Waals surface area (Å²) in [4.78, 5) is 12.3. The second-order valence-corrected chi connectivity index (χ2v) is 5.85. The van der Waals surface area contributed by atoms with Crippen LogP contribution in [-0.2, 0) is 6.61 Å². The molecule has 0 atom stereocenters. The highest BCUT2D eigenvalue weighted by Crippen LogP contribution is 2.27. The molecule has 0 saturated carbocycles. The van der Waals surface area contributed by atoms with Gasteiger partial charge in [0.15, 0.2) is 0 Å². The number of amides is 1. The van der Waals surface area contributed by atoms with Crippen molar-refractivity contribution in [2.45, 2.75) is 6.61 Å². The first-order chi connectivity index (χ1) is 12.1. The summed E-state index contributed by atoms with van der Waals surface area (Å²) in [5, 5.41) is 12.8. The van der Waals surface area contributed by atoms with Crippen LogP contribution in [-0.4, -0.2) is 11.0 Å². The predicted octanol–water partition coefficient (Wildman–Crippen LogP) is 4.88. The quantitative estimate of drug-likeness (QED) is 0.643. The Hall–Kier alpha value is -2.98. The zero-order valence-corrected chi connectivity index (χ0v) is 14.0. The topological polar surface area (TPSA) is 58.6 Å². The van der Waals surface area contributed by atoms with E-state index in [2.05, 4.69) is 5.32 Å². The van der Waals surface area contributed by atoms with Crippen molar-refractivity contribution in [2.75, 3.05) is 5.32 Å². The molecule has 1 amide bonds. The van der Waals surface area contributed by atoms with Gasteiger partial charge in [0.1, 0.15) is 18.1 Å². The van der Waals surface area contributed by atoms with Crippen LogP contribution < -0.4 is 10.1 Å². The molecule has 126 valence electrons. The third-order valence-corrected chi connectivity index (χ3v) is 3.81. The van der Waals surface area contributed by atoms with Crippen molar-refractivity contribution in [3.8, 4) is 11.5 Å². The van der Waals surface area contributed by atoms with Crippen LogP contribution in [0.25, 0.3) is 0 Å². The molecule has 3 aromatic carbocycles. The number of carbonyl (C=O) groups excluding carboxylic acids is 1. The van der Waals surface area contributed by atoms with Crippen LogP contribution in [0.1, 0.15) is 15.9 Å². The van der Waals surface area contributed by atoms with Crippen LogP contribution >= 0.6 is 11.6 Å². The van der Waals surface area contributed by atoms with Crippen molar-refractivity contribution in [1.29, 1.82) is 0 Å². The zero-order chi connectivity index (χ0) is 17.6. The second-order valence-electron chi connectivity index (χ2n) is 5.41. The third-order valence-electron chi connectivity index (χ3n) is 3.57. The highest BCUT2D eigenvalue weighted by molar-refractivity contribution is 6.31. The molecule has 0 saturated heterocycles. The van der Waals surface area contributed by atoms with Gasteiger partial charge in [-0.25, -0.2) is 0 Å². The average molecular weight is 354 g/mol. The molecule has 0 aliphatic carbocycles. The number of phenols is 1. The summed E-state index contributed by atoms with van der Waals surface area (Å²) in [6.07, 6.45) is 0. The van der Waals surface area contributed by atoms with Gasteiger partial charge in [0.05, 0.1) is 5.69 Å². The monoisotopic (exact) mass is 353 g/mol. The van der Waals surface area contributed by atoms with E-state index < -0.39 is 0 Å². The Balaban J connectivity index is 1.63. The van der Waals surface area contributed by atoms with Crippen LogP contribution in [0.4, 0.5) is 5.69 Å². The van der Waals surface area contributed by atoms with Gasteiger partial charge in [0.25, 0.3) is 5.91 Å². The average Bonchev–Trinajstić information content (AvgIpc) is 2.64. The molecular formula is C20H16ClNO3. The number of aromatic hydroxyl groups is 1. The van der Waals surface area contributed by atoms with Gasteiger partial charge >= 0.3 is 0 Å². The van der Waals surface area contributed by atoms with Crippen molar-refractivity contribution in [3.05, 3.63) is 88.9 Å². The Bertz CT molecular complexity index is 864. The molecule has 2 N–H and O–H groups in total. The van der Waals surface area contributed by atoms with E-state index in [4.69, 9.17) is 16.3 Å². The van der Waals surface area contributed by atoms with Gasteiger partial charge in [-0.05, 0) is 48.0 Å². The first-order valence-corrected chi connectivity index (χ1v) is 8.06. The Kier molecular flexibility index (Phi) is 5.21. The van der Waals surface area contributed by atoms with Crippen LogP contribution in [0, 0.1) is 0 Å². The molecule has 5 heteroatoms. The lowest BCUT2D eigenvalue weighted by molar-refractivity contribution is 0.102. The predicted molar refractivity (Wildman–Crippen MR) is 98.3 cm³/mol. The van der Waals surface area contributed by atoms with Gasteiger partial charge in [-0.15, -0.1) is 0 Å². The number of ether oxygens (including phenoxy) is 1. The number of rotatable bonds is 5. The number of benzene rings is 3. The molecule has 0 aromatic heterocycles. The van der Waals surface area contributed by atoms with Gasteiger partial charge in [-0.1, -0.05) is 41.9 Å². The van der Waals surface area contributed by atoms with Gasteiger partial charge in [0, 0.05) is 10.6 Å². The number of nitrogens with one attached hydrogen (secondary N) is 1. The minimum absolute atomic E-state index is 0.0365. The lowest BCUT2D eigenvalue weighted by Gasteiger charge is -2.09. The fraction of sp³-hybridized carbons (Fsp3) is 0.0500. The summed E-state index contributed by atoms with van der Waals surface area (Å²) in [6.45, 7) is 0.418. The SMILES string of the molecule is O=C(Nc1cc(Cl)ccc1O)c1ccc(COc2ccccc2)cc1. The Labute approximate surface area is 150 Å². The second kappa shape index (κ2) is 7.73. The lowest BCUT2D eigenvalue weighted by Crippen LogP contribution is -2.12. The number of hydrogen-bond acceptors (Lipinski definition) is 3. The first-order valence-electron chi connectivity index (χ1n) is 7.68. The standard InChI is InChI=1S/C20H16ClNO3/c21-16-10-11-19(23)18(12-16)22-20(24)15-8-6-14(7-9-15)13-25-17-4-2-1-3-5-17/h1-12,23H,13H2,(H,22,24). The van der Waals surface area contributed by atoms with E-state index >= 15 is 0 Å². The minimum atomic E-state index is -0.326. The van der Waals surface area contributed by atoms with E-state index in [0.29, 0.717) is 17.2 Å². The summed E-state index contributed by atoms with van der Waals surface area (Å²) in [7, 11) is 0. The van der Waals surface area contributed by atoms with Crippen molar-refractivity contribution in [1.82, 2.24) is 0 Å². The van der Waals surface area contributed by atoms with Gasteiger partial charge in [0.2, 0.25) is 0 Å². The van der Waals surface area contributed by atoms with E-state index in [1.54, 1.807) is 18.2 Å². The number of anilines is 1. The van der Waals surface area contributed by atoms with Crippen LogP contribution in [0.5, 0.6) is 11.5 Å². The van der Waals surface area contributed by atoms with E-state index in [1.807, 2.05) is 42.5 Å². The molecule has 25 heavy (non-hydrogen) atoms. The van der Waals surface area contributed by atoms with Crippen molar-refractivity contribution in [3.63, 3.8) is 0 Å². The molecule has 0 spiro atoms. The number of carbonyl (C=O) groups is 1. The minimum Gasteiger partial charge on any atom is -0.506 e. The number of para-hydroxylation sites is 1. The van der Waals surface area contributed by atoms with Gasteiger partial charge < -0.3 is 15.2 Å². The maximum absolute atomic E-state index is 12.3. The molecule has 3 aromatic rings. The van der Waals surface area contributed by atoms with Crippen molar-refractivity contribution < 1.29 is 14.6 Å². The van der Waals surface area contributed by atoms with E-state index in [0.717, 1.165) is 11.3 Å². The maximum Gasteiger partial charge on any atom is 0.255 e. The molecule has 0 unspecified atom stereocenters. The molecule has 0 radical (unpaired) electrons. The molecule has 0 aliphatic rings. The molecule has 0 heterocycles. The molecule has 0 bridgehead atoms. The Morgan fingerprint density at radius 2 is 1.72 bits per heavy atom. The molecule has 0 aliphatic heterocycles. The van der Waals surface area contributed by atoms with E-state index in [1.165, 1.54) is 12.1 Å². The van der Waals surface area contributed by atoms with Crippen LogP contribution in [0.15, 0.2) is 72.8 Å². The number of halogens is 1. The fourth-order valence-electron chi connectivity index (χ4n) is 2.24. The summed E-state index contributed by atoms with van der Waals surface area (Å²) >= 11 is 5.88. The Morgan fingerprint density at radius 1 is 1.00 bits per heavy atom. The highest BCUT2D eigenvalue weighted by Gasteiger charge is 2.09. The maximum atomic E-state index is 12.3. The van der Waals surface area contributed by atoms with E-state index in [-0.39, 0.29) is 17.3 Å². The smallest absolute Gasteiger partial charge is 0.255 e. The molecule has 3 rings (SSSR count). The molecule has 0 fully saturated rings. The summed E-state index contributed by atoms with van der Waals surface area (Å²) in [5.41, 5.74) is 1.70. The van der Waals surface area contributed by atoms with Crippen LogP contribution in [0.2, 0.25) is 5.02 Å². The largest absolute Gasteiger partial charge is 0.506 e. The summed E-state index contributed by atoms with van der Waals surface area (Å²) in [5.74, 6) is 0.430. The fourth-order valence-corrected chi connectivity index (χ4v) is 2.41. The van der Waals surface area contributed by atoms with Crippen LogP contribution in [0.3, 0.4) is 0 Å². The summed E-state index contributed by atoms with van der Waals surface area (Å²) in [6, 6.07) is 21.1. The van der Waals surface area contributed by atoms with E-state index in [9.17, 15) is 9.90 Å². The zero-order valence-electron chi connectivity index (χ0n) is 13.3. The lowest BCUT2D eigenvalue weighted by atomic mass is 10.1. The molecular weight excluding hydrogens is 338 g/mol. The van der Waals surface area contributed by atoms with Gasteiger partial charge in [-0.2, -0.15) is 0 Å². The number of phenolic OH excluding ortho intramolecular Hbond substituents is 1. The first kappa shape index (κ1) is 16.9. The highest BCUT2D eigenvalue weighted by atomic mass is 35.5. The van der Waals surface area contributed by atoms with Crippen molar-refractivity contribution in [2.24, 2.45) is 0 Å². The molecule has 4 nitrogen and oxygen atoms in total.